The third-order valence-electron chi connectivity index (χ3n) is 7.47. The summed E-state index contributed by atoms with van der Waals surface area (Å²) in [6.07, 6.45) is 11.8. The van der Waals surface area contributed by atoms with Crippen molar-refractivity contribution >= 4 is 44.1 Å². The van der Waals surface area contributed by atoms with Gasteiger partial charge >= 0.3 is 0 Å². The Kier molecular flexibility index (Phi) is 10.2. The van der Waals surface area contributed by atoms with E-state index in [-0.39, 0.29) is 11.8 Å². The second-order valence-electron chi connectivity index (χ2n) is 10.4. The molecule has 0 unspecified atom stereocenters. The molecule has 0 spiro atoms. The smallest absolute Gasteiger partial charge is 0.220 e. The molecule has 2 amide bonds. The Hall–Kier alpha value is -3.14. The summed E-state index contributed by atoms with van der Waals surface area (Å²) in [6.45, 7) is 3.65. The maximum absolute atomic E-state index is 12.3. The number of carbonyl (C=O) groups excluding carboxylic acids is 2. The van der Waals surface area contributed by atoms with E-state index in [0.29, 0.717) is 19.4 Å². The van der Waals surface area contributed by atoms with Gasteiger partial charge in [-0.2, -0.15) is 0 Å². The normalized spacial score (nSPS) is 11.5. The molecule has 0 aliphatic carbocycles. The molecular weight excluding hydrogens is 456 g/mol. The lowest BCUT2D eigenvalue weighted by molar-refractivity contribution is -0.121. The van der Waals surface area contributed by atoms with E-state index in [0.717, 1.165) is 38.6 Å². The average molecular weight is 499 g/mol. The van der Waals surface area contributed by atoms with E-state index in [4.69, 9.17) is 0 Å². The summed E-state index contributed by atoms with van der Waals surface area (Å²) < 4.78 is 0. The Bertz CT molecular complexity index is 1280. The summed E-state index contributed by atoms with van der Waals surface area (Å²) in [4.78, 5) is 24.3. The van der Waals surface area contributed by atoms with Crippen molar-refractivity contribution < 1.29 is 9.59 Å². The zero-order valence-corrected chi connectivity index (χ0v) is 22.4. The minimum absolute atomic E-state index is 0.102. The number of benzene rings is 4. The molecule has 0 fully saturated rings. The van der Waals surface area contributed by atoms with Gasteiger partial charge in [0, 0.05) is 25.9 Å². The molecule has 196 valence electrons. The first-order valence-electron chi connectivity index (χ1n) is 14.4. The van der Waals surface area contributed by atoms with Crippen molar-refractivity contribution in [2.24, 2.45) is 0 Å². The molecule has 4 nitrogen and oxygen atoms in total. The molecule has 4 aromatic carbocycles. The SMILES string of the molecule is CCCCCCCCNC(=O)CCCCNC(=O)CCCc1ccc2ccc3cccc4ccc1c2c34. The average Bonchev–Trinajstić information content (AvgIpc) is 2.91. The van der Waals surface area contributed by atoms with E-state index in [2.05, 4.69) is 72.2 Å². The van der Waals surface area contributed by atoms with Crippen molar-refractivity contribution in [1.29, 1.82) is 0 Å². The fraction of sp³-hybridized carbons (Fsp3) is 0.455. The highest BCUT2D eigenvalue weighted by Crippen LogP contribution is 2.36. The van der Waals surface area contributed by atoms with Gasteiger partial charge in [-0.15, -0.1) is 0 Å². The second-order valence-corrected chi connectivity index (χ2v) is 10.4. The molecule has 0 saturated carbocycles. The molecule has 0 aliphatic heterocycles. The van der Waals surface area contributed by atoms with Crippen LogP contribution in [-0.4, -0.2) is 24.9 Å². The van der Waals surface area contributed by atoms with Crippen LogP contribution in [0.1, 0.15) is 83.1 Å². The van der Waals surface area contributed by atoms with E-state index in [1.807, 2.05) is 0 Å². The zero-order chi connectivity index (χ0) is 25.9. The van der Waals surface area contributed by atoms with Crippen molar-refractivity contribution in [3.8, 4) is 0 Å². The summed E-state index contributed by atoms with van der Waals surface area (Å²) >= 11 is 0. The second kappa shape index (κ2) is 14.0. The quantitative estimate of drug-likeness (QED) is 0.123. The highest BCUT2D eigenvalue weighted by molar-refractivity contribution is 6.23. The van der Waals surface area contributed by atoms with Crippen molar-refractivity contribution in [2.45, 2.75) is 84.0 Å². The van der Waals surface area contributed by atoms with Crippen LogP contribution in [0.25, 0.3) is 32.3 Å². The fourth-order valence-electron chi connectivity index (χ4n) is 5.40. The van der Waals surface area contributed by atoms with Gasteiger partial charge in [-0.3, -0.25) is 9.59 Å². The number of hydrogen-bond donors (Lipinski definition) is 2. The van der Waals surface area contributed by atoms with Crippen LogP contribution in [-0.2, 0) is 16.0 Å². The summed E-state index contributed by atoms with van der Waals surface area (Å²) in [6, 6.07) is 19.8. The van der Waals surface area contributed by atoms with Crippen LogP contribution >= 0.6 is 0 Å². The minimum Gasteiger partial charge on any atom is -0.356 e. The molecular formula is C33H42N2O2. The van der Waals surface area contributed by atoms with Crippen LogP contribution in [0, 0.1) is 0 Å². The number of hydrogen-bond acceptors (Lipinski definition) is 2. The van der Waals surface area contributed by atoms with E-state index in [1.165, 1.54) is 70.0 Å². The lowest BCUT2D eigenvalue weighted by Gasteiger charge is -2.14. The highest BCUT2D eigenvalue weighted by Gasteiger charge is 2.11. The fourth-order valence-corrected chi connectivity index (χ4v) is 5.40. The number of unbranched alkanes of at least 4 members (excludes halogenated alkanes) is 6. The van der Waals surface area contributed by atoms with Gasteiger partial charge < -0.3 is 10.6 Å². The molecule has 0 aromatic heterocycles. The highest BCUT2D eigenvalue weighted by atomic mass is 16.2. The van der Waals surface area contributed by atoms with E-state index >= 15 is 0 Å². The molecule has 37 heavy (non-hydrogen) atoms. The number of aryl methyl sites for hydroxylation is 1. The van der Waals surface area contributed by atoms with Crippen LogP contribution in [0.3, 0.4) is 0 Å². The van der Waals surface area contributed by atoms with Crippen molar-refractivity contribution in [3.05, 3.63) is 60.2 Å². The van der Waals surface area contributed by atoms with Gasteiger partial charge in [-0.05, 0) is 70.0 Å². The van der Waals surface area contributed by atoms with E-state index in [9.17, 15) is 9.59 Å². The van der Waals surface area contributed by atoms with Crippen LogP contribution in [0.15, 0.2) is 54.6 Å². The van der Waals surface area contributed by atoms with Gasteiger partial charge in [-0.25, -0.2) is 0 Å². The standard InChI is InChI=1S/C33H42N2O2/c1-2-3-4-5-6-8-23-34-30(36)15-7-9-24-35-31(37)16-11-12-25-17-18-28-20-19-26-13-10-14-27-21-22-29(25)33(28)32(26)27/h10,13-14,17-22H,2-9,11-12,15-16,23-24H2,1H3,(H,34,36)(H,35,37). The van der Waals surface area contributed by atoms with Gasteiger partial charge in [-0.1, -0.05) is 93.6 Å². The largest absolute Gasteiger partial charge is 0.356 e. The van der Waals surface area contributed by atoms with Gasteiger partial charge in [0.1, 0.15) is 0 Å². The van der Waals surface area contributed by atoms with Gasteiger partial charge in [0.25, 0.3) is 0 Å². The van der Waals surface area contributed by atoms with Crippen molar-refractivity contribution in [3.63, 3.8) is 0 Å². The maximum atomic E-state index is 12.3. The first kappa shape index (κ1) is 26.9. The Morgan fingerprint density at radius 1 is 0.595 bits per heavy atom. The zero-order valence-electron chi connectivity index (χ0n) is 22.4. The molecule has 0 bridgehead atoms. The molecule has 4 heteroatoms. The number of rotatable bonds is 16. The summed E-state index contributed by atoms with van der Waals surface area (Å²) in [5, 5.41) is 13.9. The molecule has 4 aromatic rings. The predicted octanol–water partition coefficient (Wildman–Crippen LogP) is 7.67. The number of nitrogens with one attached hydrogen (secondary N) is 2. The van der Waals surface area contributed by atoms with E-state index in [1.54, 1.807) is 0 Å². The Morgan fingerprint density at radius 3 is 1.89 bits per heavy atom. The molecule has 2 N–H and O–H groups in total. The van der Waals surface area contributed by atoms with Crippen LogP contribution in [0.5, 0.6) is 0 Å². The number of carbonyl (C=O) groups is 2. The van der Waals surface area contributed by atoms with Gasteiger partial charge in [0.2, 0.25) is 11.8 Å². The molecule has 0 atom stereocenters. The monoisotopic (exact) mass is 498 g/mol. The number of amides is 2. The van der Waals surface area contributed by atoms with Crippen LogP contribution in [0.2, 0.25) is 0 Å². The Morgan fingerprint density at radius 2 is 1.16 bits per heavy atom. The summed E-state index contributed by atoms with van der Waals surface area (Å²) in [5.41, 5.74) is 1.31. The predicted molar refractivity (Wildman–Crippen MR) is 156 cm³/mol. The molecule has 0 aliphatic rings. The summed E-state index contributed by atoms with van der Waals surface area (Å²) in [7, 11) is 0. The maximum Gasteiger partial charge on any atom is 0.220 e. The summed E-state index contributed by atoms with van der Waals surface area (Å²) in [5.74, 6) is 0.235. The van der Waals surface area contributed by atoms with Crippen molar-refractivity contribution in [2.75, 3.05) is 13.1 Å². The van der Waals surface area contributed by atoms with Crippen LogP contribution < -0.4 is 10.6 Å². The topological polar surface area (TPSA) is 58.2 Å². The van der Waals surface area contributed by atoms with Gasteiger partial charge in [0.15, 0.2) is 0 Å². The van der Waals surface area contributed by atoms with Crippen molar-refractivity contribution in [1.82, 2.24) is 10.6 Å². The Balaban J connectivity index is 1.13. The lowest BCUT2D eigenvalue weighted by Crippen LogP contribution is -2.26. The van der Waals surface area contributed by atoms with E-state index < -0.39 is 0 Å². The molecule has 0 heterocycles. The first-order chi connectivity index (χ1) is 18.2. The molecule has 0 saturated heterocycles. The third-order valence-corrected chi connectivity index (χ3v) is 7.47. The minimum atomic E-state index is 0.102. The van der Waals surface area contributed by atoms with Crippen LogP contribution in [0.4, 0.5) is 0 Å². The first-order valence-corrected chi connectivity index (χ1v) is 14.4. The molecule has 0 radical (unpaired) electrons. The Labute approximate surface area is 221 Å². The molecule has 4 rings (SSSR count). The third kappa shape index (κ3) is 7.44. The lowest BCUT2D eigenvalue weighted by atomic mass is 9.90. The van der Waals surface area contributed by atoms with Gasteiger partial charge in [0.05, 0.1) is 0 Å².